The van der Waals surface area contributed by atoms with Crippen LogP contribution in [0, 0.1) is 41.5 Å². The van der Waals surface area contributed by atoms with Crippen molar-refractivity contribution in [1.82, 2.24) is 0 Å². The summed E-state index contributed by atoms with van der Waals surface area (Å²) in [5.41, 5.74) is 17.1. The van der Waals surface area contributed by atoms with Crippen LogP contribution in [0.25, 0.3) is 11.1 Å². The number of benzene rings is 2. The largest absolute Gasteiger partial charge is 0.0561 e. The average Bonchev–Trinajstić information content (AvgIpc) is 2.83. The summed E-state index contributed by atoms with van der Waals surface area (Å²) in [5, 5.41) is 0. The fourth-order valence-electron chi connectivity index (χ4n) is 4.20. The molecule has 0 aromatic heterocycles. The van der Waals surface area contributed by atoms with Crippen molar-refractivity contribution in [1.29, 1.82) is 0 Å². The summed E-state index contributed by atoms with van der Waals surface area (Å²) in [6.45, 7) is 18.0. The molecule has 3 rings (SSSR count). The number of hydrogen-bond donors (Lipinski definition) is 0. The molecule has 0 bridgehead atoms. The molecule has 0 saturated heterocycles. The highest BCUT2D eigenvalue weighted by Crippen LogP contribution is 2.45. The Bertz CT molecular complexity index is 855. The first kappa shape index (κ1) is 17.7. The molecule has 130 valence electrons. The van der Waals surface area contributed by atoms with Gasteiger partial charge in [0.1, 0.15) is 0 Å². The lowest BCUT2D eigenvalue weighted by Gasteiger charge is -2.15. The Morgan fingerprint density at radius 2 is 0.880 bits per heavy atom. The van der Waals surface area contributed by atoms with Gasteiger partial charge in [0.15, 0.2) is 0 Å². The third-order valence-electron chi connectivity index (χ3n) is 6.10. The standard InChI is InChI=1S/C25H30/c1-14-9-16(3)18(5)22(11-14)24-13-25(21(8)20(24)7)23-12-15(2)10-17(4)19(23)6/h9-12H,13H2,1-8H3. The van der Waals surface area contributed by atoms with Gasteiger partial charge in [0, 0.05) is 0 Å². The SMILES string of the molecule is CC1=C(c2cc(C)cc(C)c2C)CC(c2cc(C)cc(C)c2C)=C1C. The second kappa shape index (κ2) is 6.33. The normalized spacial score (nSPS) is 14.7. The zero-order valence-electron chi connectivity index (χ0n) is 17.0. The van der Waals surface area contributed by atoms with Crippen LogP contribution in [0.5, 0.6) is 0 Å². The minimum atomic E-state index is 1.05. The molecule has 0 N–H and O–H groups in total. The number of allylic oxidation sites excluding steroid dienone is 4. The lowest BCUT2D eigenvalue weighted by Crippen LogP contribution is -1.96. The van der Waals surface area contributed by atoms with Crippen molar-refractivity contribution < 1.29 is 0 Å². The van der Waals surface area contributed by atoms with Gasteiger partial charge in [-0.2, -0.15) is 0 Å². The monoisotopic (exact) mass is 330 g/mol. The summed E-state index contributed by atoms with van der Waals surface area (Å²) in [6.07, 6.45) is 1.05. The lowest BCUT2D eigenvalue weighted by molar-refractivity contribution is 1.24. The molecule has 25 heavy (non-hydrogen) atoms. The van der Waals surface area contributed by atoms with Gasteiger partial charge in [-0.1, -0.05) is 35.4 Å². The van der Waals surface area contributed by atoms with E-state index in [2.05, 4.69) is 79.7 Å². The minimum absolute atomic E-state index is 1.05. The lowest BCUT2D eigenvalue weighted by atomic mass is 9.89. The maximum atomic E-state index is 2.37. The van der Waals surface area contributed by atoms with Crippen LogP contribution < -0.4 is 0 Å². The van der Waals surface area contributed by atoms with Gasteiger partial charge in [0.2, 0.25) is 0 Å². The fraction of sp³-hybridized carbons (Fsp3) is 0.360. The molecule has 0 spiro atoms. The van der Waals surface area contributed by atoms with Crippen LogP contribution in [0.15, 0.2) is 35.4 Å². The van der Waals surface area contributed by atoms with Crippen molar-refractivity contribution in [3.8, 4) is 0 Å². The van der Waals surface area contributed by atoms with Gasteiger partial charge in [-0.3, -0.25) is 0 Å². The Labute approximate surface area is 153 Å². The Kier molecular flexibility index (Phi) is 4.49. The van der Waals surface area contributed by atoms with E-state index in [0.717, 1.165) is 6.42 Å². The number of hydrogen-bond acceptors (Lipinski definition) is 0. The molecule has 0 heteroatoms. The maximum Gasteiger partial charge on any atom is -0.000823 e. The first-order chi connectivity index (χ1) is 11.7. The molecule has 1 aliphatic carbocycles. The average molecular weight is 331 g/mol. The van der Waals surface area contributed by atoms with Gasteiger partial charge in [-0.25, -0.2) is 0 Å². The summed E-state index contributed by atoms with van der Waals surface area (Å²) in [7, 11) is 0. The van der Waals surface area contributed by atoms with Crippen LogP contribution in [-0.4, -0.2) is 0 Å². The van der Waals surface area contributed by atoms with Crippen molar-refractivity contribution in [2.75, 3.05) is 0 Å². The van der Waals surface area contributed by atoms with Crippen molar-refractivity contribution in [2.45, 2.75) is 61.8 Å². The third kappa shape index (κ3) is 2.99. The summed E-state index contributed by atoms with van der Waals surface area (Å²) in [6, 6.07) is 9.31. The van der Waals surface area contributed by atoms with Crippen LogP contribution in [-0.2, 0) is 0 Å². The van der Waals surface area contributed by atoms with E-state index in [1.807, 2.05) is 0 Å². The topological polar surface area (TPSA) is 0 Å². The van der Waals surface area contributed by atoms with Crippen LogP contribution in [0.1, 0.15) is 64.8 Å². The predicted octanol–water partition coefficient (Wildman–Crippen LogP) is 7.19. The Balaban J connectivity index is 2.12. The molecule has 0 atom stereocenters. The smallest absolute Gasteiger partial charge is 0.000823 e. The van der Waals surface area contributed by atoms with E-state index >= 15 is 0 Å². The summed E-state index contributed by atoms with van der Waals surface area (Å²) < 4.78 is 0. The van der Waals surface area contributed by atoms with Crippen molar-refractivity contribution >= 4 is 11.1 Å². The first-order valence-corrected chi connectivity index (χ1v) is 9.27. The molecule has 0 heterocycles. The van der Waals surface area contributed by atoms with Crippen LogP contribution >= 0.6 is 0 Å². The Hall–Kier alpha value is -2.08. The summed E-state index contributed by atoms with van der Waals surface area (Å²) >= 11 is 0. The highest BCUT2D eigenvalue weighted by Gasteiger charge is 2.24. The van der Waals surface area contributed by atoms with E-state index in [9.17, 15) is 0 Å². The first-order valence-electron chi connectivity index (χ1n) is 9.27. The highest BCUT2D eigenvalue weighted by molar-refractivity contribution is 5.93. The molecule has 2 aromatic rings. The van der Waals surface area contributed by atoms with E-state index in [1.165, 1.54) is 66.8 Å². The molecule has 2 aromatic carbocycles. The number of aryl methyl sites for hydroxylation is 4. The van der Waals surface area contributed by atoms with Gasteiger partial charge >= 0.3 is 0 Å². The summed E-state index contributed by atoms with van der Waals surface area (Å²) in [4.78, 5) is 0. The molecule has 0 aliphatic heterocycles. The zero-order valence-corrected chi connectivity index (χ0v) is 17.0. The molecular formula is C25H30. The summed E-state index contributed by atoms with van der Waals surface area (Å²) in [5.74, 6) is 0. The second-order valence-electron chi connectivity index (χ2n) is 7.89. The molecule has 1 aliphatic rings. The molecule has 0 fully saturated rings. The molecule has 0 unspecified atom stereocenters. The fourth-order valence-corrected chi connectivity index (χ4v) is 4.20. The van der Waals surface area contributed by atoms with E-state index in [4.69, 9.17) is 0 Å². The zero-order chi connectivity index (χ0) is 18.5. The van der Waals surface area contributed by atoms with Gasteiger partial charge in [0.25, 0.3) is 0 Å². The van der Waals surface area contributed by atoms with Crippen LogP contribution in [0.3, 0.4) is 0 Å². The highest BCUT2D eigenvalue weighted by atomic mass is 14.3. The van der Waals surface area contributed by atoms with Crippen molar-refractivity contribution in [2.24, 2.45) is 0 Å². The van der Waals surface area contributed by atoms with E-state index < -0.39 is 0 Å². The predicted molar refractivity (Wildman–Crippen MR) is 111 cm³/mol. The van der Waals surface area contributed by atoms with Crippen molar-refractivity contribution in [3.05, 3.63) is 79.9 Å². The third-order valence-corrected chi connectivity index (χ3v) is 6.10. The Morgan fingerprint density at radius 1 is 0.520 bits per heavy atom. The van der Waals surface area contributed by atoms with E-state index in [-0.39, 0.29) is 0 Å². The molecule has 0 radical (unpaired) electrons. The van der Waals surface area contributed by atoms with Crippen LogP contribution in [0.4, 0.5) is 0 Å². The van der Waals surface area contributed by atoms with Crippen molar-refractivity contribution in [3.63, 3.8) is 0 Å². The molecule has 0 saturated carbocycles. The Morgan fingerprint density at radius 3 is 1.24 bits per heavy atom. The van der Waals surface area contributed by atoms with Crippen LogP contribution in [0.2, 0.25) is 0 Å². The van der Waals surface area contributed by atoms with E-state index in [0.29, 0.717) is 0 Å². The minimum Gasteiger partial charge on any atom is -0.0561 e. The van der Waals surface area contributed by atoms with Gasteiger partial charge in [-0.15, -0.1) is 0 Å². The van der Waals surface area contributed by atoms with Gasteiger partial charge < -0.3 is 0 Å². The number of rotatable bonds is 2. The molecular weight excluding hydrogens is 300 g/mol. The molecule has 0 nitrogen and oxygen atoms in total. The molecule has 0 amide bonds. The van der Waals surface area contributed by atoms with Gasteiger partial charge in [0.05, 0.1) is 0 Å². The second-order valence-corrected chi connectivity index (χ2v) is 7.89. The maximum absolute atomic E-state index is 2.37. The van der Waals surface area contributed by atoms with Gasteiger partial charge in [-0.05, 0) is 117 Å². The quantitative estimate of drug-likeness (QED) is 0.546. The van der Waals surface area contributed by atoms with E-state index in [1.54, 1.807) is 0 Å².